The molecule has 2 aromatic carbocycles. The molecule has 166 valence electrons. The Morgan fingerprint density at radius 2 is 1.65 bits per heavy atom. The van der Waals surface area contributed by atoms with E-state index in [1.54, 1.807) is 0 Å². The van der Waals surface area contributed by atoms with Gasteiger partial charge in [-0.25, -0.2) is 4.79 Å². The number of rotatable bonds is 4. The maximum atomic E-state index is 12.8. The highest BCUT2D eigenvalue weighted by atomic mass is 16.6. The van der Waals surface area contributed by atoms with E-state index in [0.29, 0.717) is 19.4 Å². The Bertz CT molecular complexity index is 874. The molecule has 2 unspecified atom stereocenters. The van der Waals surface area contributed by atoms with Crippen LogP contribution in [0.25, 0.3) is 0 Å². The highest BCUT2D eigenvalue weighted by Gasteiger charge is 2.49. The van der Waals surface area contributed by atoms with E-state index in [1.165, 1.54) is 0 Å². The van der Waals surface area contributed by atoms with Gasteiger partial charge in [-0.2, -0.15) is 0 Å². The third-order valence-corrected chi connectivity index (χ3v) is 6.25. The van der Waals surface area contributed by atoms with E-state index in [2.05, 4.69) is 0 Å². The van der Waals surface area contributed by atoms with Crippen LogP contribution < -0.4 is 4.74 Å². The maximum Gasteiger partial charge on any atom is 0.410 e. The molecule has 2 aromatic rings. The number of hydrogen-bond acceptors (Lipinski definition) is 4. The van der Waals surface area contributed by atoms with Gasteiger partial charge in [-0.1, -0.05) is 42.5 Å². The number of aliphatic hydroxyl groups is 1. The van der Waals surface area contributed by atoms with Crippen molar-refractivity contribution in [1.82, 2.24) is 4.90 Å². The number of ether oxygens (including phenoxy) is 2. The summed E-state index contributed by atoms with van der Waals surface area (Å²) in [6, 6.07) is 17.8. The van der Waals surface area contributed by atoms with Crippen LogP contribution in [0.1, 0.15) is 64.0 Å². The van der Waals surface area contributed by atoms with E-state index in [0.717, 1.165) is 36.1 Å². The summed E-state index contributed by atoms with van der Waals surface area (Å²) in [7, 11) is 0. The Labute approximate surface area is 185 Å². The van der Waals surface area contributed by atoms with Crippen molar-refractivity contribution in [3.63, 3.8) is 0 Å². The zero-order valence-electron chi connectivity index (χ0n) is 18.7. The molecule has 2 fully saturated rings. The van der Waals surface area contributed by atoms with Crippen LogP contribution in [0.3, 0.4) is 0 Å². The first-order valence-corrected chi connectivity index (χ1v) is 11.2. The van der Waals surface area contributed by atoms with Crippen LogP contribution >= 0.6 is 0 Å². The van der Waals surface area contributed by atoms with Crippen molar-refractivity contribution in [2.75, 3.05) is 0 Å². The van der Waals surface area contributed by atoms with E-state index < -0.39 is 11.2 Å². The molecule has 1 amide bonds. The lowest BCUT2D eigenvalue weighted by Gasteiger charge is -2.51. The van der Waals surface area contributed by atoms with Crippen molar-refractivity contribution in [2.45, 2.75) is 82.8 Å². The highest BCUT2D eigenvalue weighted by molar-refractivity contribution is 5.69. The number of benzene rings is 2. The van der Waals surface area contributed by atoms with Gasteiger partial charge < -0.3 is 19.5 Å². The molecule has 0 spiro atoms. The molecule has 2 bridgehead atoms. The summed E-state index contributed by atoms with van der Waals surface area (Å²) < 4.78 is 11.5. The number of hydrogen-bond donors (Lipinski definition) is 1. The third-order valence-electron chi connectivity index (χ3n) is 6.25. The first-order chi connectivity index (χ1) is 14.7. The maximum absolute atomic E-state index is 12.8. The minimum atomic E-state index is -0.938. The number of carbonyl (C=O) groups excluding carboxylic acids is 1. The van der Waals surface area contributed by atoms with Gasteiger partial charge in [0.1, 0.15) is 18.0 Å². The molecule has 1 N–H and O–H groups in total. The number of carbonyl (C=O) groups is 1. The van der Waals surface area contributed by atoms with Crippen molar-refractivity contribution in [1.29, 1.82) is 0 Å². The topological polar surface area (TPSA) is 59.0 Å². The minimum Gasteiger partial charge on any atom is -0.489 e. The molecule has 31 heavy (non-hydrogen) atoms. The van der Waals surface area contributed by atoms with Crippen LogP contribution in [0.4, 0.5) is 4.79 Å². The lowest BCUT2D eigenvalue weighted by molar-refractivity contribution is -0.0965. The summed E-state index contributed by atoms with van der Waals surface area (Å²) in [5.74, 6) is 0.780. The summed E-state index contributed by atoms with van der Waals surface area (Å²) in [6.07, 6.45) is 3.69. The van der Waals surface area contributed by atoms with Crippen molar-refractivity contribution < 1.29 is 19.4 Å². The zero-order valence-corrected chi connectivity index (χ0v) is 18.7. The molecule has 0 radical (unpaired) electrons. The normalized spacial score (nSPS) is 25.7. The second-order valence-corrected chi connectivity index (χ2v) is 9.86. The predicted molar refractivity (Wildman–Crippen MR) is 120 cm³/mol. The lowest BCUT2D eigenvalue weighted by atomic mass is 9.72. The molecule has 0 aliphatic carbocycles. The van der Waals surface area contributed by atoms with Gasteiger partial charge >= 0.3 is 6.09 Å². The van der Waals surface area contributed by atoms with Gasteiger partial charge in [0, 0.05) is 24.9 Å². The smallest absolute Gasteiger partial charge is 0.410 e. The van der Waals surface area contributed by atoms with Gasteiger partial charge in [0.25, 0.3) is 0 Å². The van der Waals surface area contributed by atoms with Gasteiger partial charge in [-0.3, -0.25) is 0 Å². The Balaban J connectivity index is 1.44. The largest absolute Gasteiger partial charge is 0.489 e. The molecule has 2 atom stereocenters. The van der Waals surface area contributed by atoms with E-state index in [-0.39, 0.29) is 18.2 Å². The molecule has 4 rings (SSSR count). The van der Waals surface area contributed by atoms with Crippen LogP contribution in [0.15, 0.2) is 54.6 Å². The number of fused-ring (bicyclic) bond motifs is 2. The molecule has 5 heteroatoms. The summed E-state index contributed by atoms with van der Waals surface area (Å²) in [4.78, 5) is 14.7. The van der Waals surface area contributed by atoms with E-state index >= 15 is 0 Å². The Kier molecular flexibility index (Phi) is 5.98. The fraction of sp³-hybridized carbons (Fsp3) is 0.500. The fourth-order valence-electron chi connectivity index (χ4n) is 4.88. The lowest BCUT2D eigenvalue weighted by Crippen LogP contribution is -2.59. The van der Waals surface area contributed by atoms with Gasteiger partial charge in [0.15, 0.2) is 0 Å². The SMILES string of the molecule is CC(C)(C)OC(=O)N1C2CCCC1CC(O)(c1ccc(OCc3ccccc3)cc1)C2. The third kappa shape index (κ3) is 5.04. The highest BCUT2D eigenvalue weighted by Crippen LogP contribution is 2.45. The average Bonchev–Trinajstić information content (AvgIpc) is 2.71. The number of nitrogens with zero attached hydrogens (tertiary/aromatic N) is 1. The van der Waals surface area contributed by atoms with Crippen LogP contribution in [0.2, 0.25) is 0 Å². The monoisotopic (exact) mass is 423 g/mol. The molecular formula is C26H33NO4. The van der Waals surface area contributed by atoms with Crippen molar-refractivity contribution in [2.24, 2.45) is 0 Å². The van der Waals surface area contributed by atoms with Gasteiger partial charge in [-0.05, 0) is 63.3 Å². The van der Waals surface area contributed by atoms with Gasteiger partial charge in [0.05, 0.1) is 5.60 Å². The van der Waals surface area contributed by atoms with E-state index in [9.17, 15) is 9.90 Å². The number of piperidine rings is 2. The first kappa shape index (κ1) is 21.7. The molecule has 2 heterocycles. The average molecular weight is 424 g/mol. The van der Waals surface area contributed by atoms with Crippen molar-refractivity contribution >= 4 is 6.09 Å². The first-order valence-electron chi connectivity index (χ1n) is 11.2. The molecule has 0 saturated carbocycles. The summed E-state index contributed by atoms with van der Waals surface area (Å²) in [5.41, 5.74) is 0.550. The van der Waals surface area contributed by atoms with Gasteiger partial charge in [0.2, 0.25) is 0 Å². The van der Waals surface area contributed by atoms with Crippen molar-refractivity contribution in [3.05, 3.63) is 65.7 Å². The summed E-state index contributed by atoms with van der Waals surface area (Å²) in [5, 5.41) is 11.6. The molecule has 2 saturated heterocycles. The number of amides is 1. The molecule has 2 aliphatic rings. The van der Waals surface area contributed by atoms with Crippen LogP contribution in [0.5, 0.6) is 5.75 Å². The fourth-order valence-corrected chi connectivity index (χ4v) is 4.88. The van der Waals surface area contributed by atoms with Gasteiger partial charge in [-0.15, -0.1) is 0 Å². The van der Waals surface area contributed by atoms with E-state index in [1.807, 2.05) is 80.3 Å². The Hall–Kier alpha value is -2.53. The van der Waals surface area contributed by atoms with Crippen molar-refractivity contribution in [3.8, 4) is 5.75 Å². The Morgan fingerprint density at radius 1 is 1.03 bits per heavy atom. The predicted octanol–water partition coefficient (Wildman–Crippen LogP) is 5.41. The van der Waals surface area contributed by atoms with E-state index in [4.69, 9.17) is 9.47 Å². The minimum absolute atomic E-state index is 0.00126. The molecular weight excluding hydrogens is 390 g/mol. The molecule has 2 aliphatic heterocycles. The van der Waals surface area contributed by atoms with Crippen LogP contribution in [-0.2, 0) is 16.9 Å². The zero-order chi connectivity index (χ0) is 22.1. The summed E-state index contributed by atoms with van der Waals surface area (Å²) in [6.45, 7) is 6.19. The standard InChI is InChI=1S/C26H33NO4/c1-25(2,3)31-24(28)27-21-10-7-11-22(27)17-26(29,16-21)20-12-14-23(15-13-20)30-18-19-8-5-4-6-9-19/h4-6,8-9,12-15,21-22,29H,7,10-11,16-18H2,1-3H3. The molecule has 5 nitrogen and oxygen atoms in total. The van der Waals surface area contributed by atoms with Crippen LogP contribution in [0, 0.1) is 0 Å². The Morgan fingerprint density at radius 3 is 2.23 bits per heavy atom. The molecule has 0 aromatic heterocycles. The van der Waals surface area contributed by atoms with Crippen LogP contribution in [-0.4, -0.2) is 33.8 Å². The second kappa shape index (κ2) is 8.54. The second-order valence-electron chi connectivity index (χ2n) is 9.86. The summed E-state index contributed by atoms with van der Waals surface area (Å²) >= 11 is 0. The quantitative estimate of drug-likeness (QED) is 0.715.